The first-order valence-corrected chi connectivity index (χ1v) is 5.10. The summed E-state index contributed by atoms with van der Waals surface area (Å²) in [6.07, 6.45) is 3.69. The first-order valence-electron chi connectivity index (χ1n) is 5.10. The van der Waals surface area contributed by atoms with Crippen LogP contribution in [0.5, 0.6) is 0 Å². The van der Waals surface area contributed by atoms with Crippen molar-refractivity contribution in [3.63, 3.8) is 0 Å². The van der Waals surface area contributed by atoms with Crippen LogP contribution in [0.3, 0.4) is 0 Å². The van der Waals surface area contributed by atoms with E-state index in [1.54, 1.807) is 7.11 Å². The quantitative estimate of drug-likeness (QED) is 0.672. The average molecular weight is 187 g/mol. The lowest BCUT2D eigenvalue weighted by molar-refractivity contribution is -0.0199. The maximum atomic E-state index is 5.96. The van der Waals surface area contributed by atoms with Crippen LogP contribution < -0.4 is 5.73 Å². The summed E-state index contributed by atoms with van der Waals surface area (Å²) < 4.78 is 10.6. The molecule has 3 atom stereocenters. The van der Waals surface area contributed by atoms with Crippen LogP contribution in [0.2, 0.25) is 0 Å². The van der Waals surface area contributed by atoms with Crippen LogP contribution in [0, 0.1) is 5.92 Å². The minimum absolute atomic E-state index is 0.230. The zero-order valence-corrected chi connectivity index (χ0v) is 8.66. The molecule has 0 saturated heterocycles. The second-order valence-corrected chi connectivity index (χ2v) is 3.98. The van der Waals surface area contributed by atoms with Crippen molar-refractivity contribution in [1.29, 1.82) is 0 Å². The average Bonchev–Trinajstić information content (AvgIpc) is 2.11. The molecule has 3 unspecified atom stereocenters. The van der Waals surface area contributed by atoms with E-state index < -0.39 is 0 Å². The molecule has 3 nitrogen and oxygen atoms in total. The molecule has 1 aliphatic carbocycles. The second-order valence-electron chi connectivity index (χ2n) is 3.98. The molecule has 0 amide bonds. The molecule has 0 spiro atoms. The summed E-state index contributed by atoms with van der Waals surface area (Å²) in [6.45, 7) is 3.59. The molecule has 1 rings (SSSR count). The van der Waals surface area contributed by atoms with Crippen LogP contribution in [-0.2, 0) is 9.47 Å². The SMILES string of the molecule is COCCOC1CC(C)CCC1N. The Morgan fingerprint density at radius 1 is 1.31 bits per heavy atom. The lowest BCUT2D eigenvalue weighted by atomic mass is 9.85. The Kier molecular flexibility index (Phi) is 4.70. The van der Waals surface area contributed by atoms with Crippen molar-refractivity contribution in [1.82, 2.24) is 0 Å². The van der Waals surface area contributed by atoms with Crippen molar-refractivity contribution in [3.05, 3.63) is 0 Å². The molecule has 1 aliphatic rings. The highest BCUT2D eigenvalue weighted by atomic mass is 16.5. The molecule has 78 valence electrons. The fourth-order valence-electron chi connectivity index (χ4n) is 1.83. The molecular formula is C10H21NO2. The molecule has 1 saturated carbocycles. The summed E-state index contributed by atoms with van der Waals surface area (Å²) in [7, 11) is 1.69. The van der Waals surface area contributed by atoms with Gasteiger partial charge in [0.05, 0.1) is 19.3 Å². The van der Waals surface area contributed by atoms with Crippen molar-refractivity contribution >= 4 is 0 Å². The minimum atomic E-state index is 0.230. The van der Waals surface area contributed by atoms with Gasteiger partial charge in [0.15, 0.2) is 0 Å². The predicted octanol–water partition coefficient (Wildman–Crippen LogP) is 1.17. The largest absolute Gasteiger partial charge is 0.382 e. The molecule has 0 radical (unpaired) electrons. The second kappa shape index (κ2) is 5.58. The third kappa shape index (κ3) is 3.63. The fraction of sp³-hybridized carbons (Fsp3) is 1.00. The van der Waals surface area contributed by atoms with Gasteiger partial charge < -0.3 is 15.2 Å². The zero-order chi connectivity index (χ0) is 9.68. The van der Waals surface area contributed by atoms with Crippen LogP contribution in [0.1, 0.15) is 26.2 Å². The maximum absolute atomic E-state index is 5.96. The Bertz CT molecular complexity index is 141. The van der Waals surface area contributed by atoms with Gasteiger partial charge >= 0.3 is 0 Å². The summed E-state index contributed by atoms with van der Waals surface area (Å²) >= 11 is 0. The Hall–Kier alpha value is -0.120. The molecule has 0 aromatic carbocycles. The van der Waals surface area contributed by atoms with E-state index in [-0.39, 0.29) is 12.1 Å². The summed E-state index contributed by atoms with van der Waals surface area (Å²) in [6, 6.07) is 0.230. The van der Waals surface area contributed by atoms with Gasteiger partial charge in [-0.2, -0.15) is 0 Å². The molecule has 0 aromatic heterocycles. The van der Waals surface area contributed by atoms with Crippen LogP contribution in [-0.4, -0.2) is 32.5 Å². The summed E-state index contributed by atoms with van der Waals surface area (Å²) in [5.41, 5.74) is 5.96. The van der Waals surface area contributed by atoms with E-state index in [0.29, 0.717) is 13.2 Å². The Morgan fingerprint density at radius 2 is 2.08 bits per heavy atom. The summed E-state index contributed by atoms with van der Waals surface area (Å²) in [4.78, 5) is 0. The molecule has 0 aromatic rings. The Labute approximate surface area is 80.6 Å². The monoisotopic (exact) mass is 187 g/mol. The smallest absolute Gasteiger partial charge is 0.0729 e. The van der Waals surface area contributed by atoms with E-state index in [2.05, 4.69) is 6.92 Å². The van der Waals surface area contributed by atoms with Gasteiger partial charge in [0, 0.05) is 13.2 Å². The van der Waals surface area contributed by atoms with Gasteiger partial charge in [-0.05, 0) is 25.2 Å². The van der Waals surface area contributed by atoms with Crippen LogP contribution in [0.4, 0.5) is 0 Å². The number of nitrogens with two attached hydrogens (primary N) is 1. The molecule has 1 fully saturated rings. The highest BCUT2D eigenvalue weighted by molar-refractivity contribution is 4.81. The predicted molar refractivity (Wildman–Crippen MR) is 52.6 cm³/mol. The van der Waals surface area contributed by atoms with Crippen molar-refractivity contribution in [2.75, 3.05) is 20.3 Å². The van der Waals surface area contributed by atoms with E-state index in [9.17, 15) is 0 Å². The molecular weight excluding hydrogens is 166 g/mol. The highest BCUT2D eigenvalue weighted by Crippen LogP contribution is 2.24. The molecule has 2 N–H and O–H groups in total. The topological polar surface area (TPSA) is 44.5 Å². The van der Waals surface area contributed by atoms with E-state index in [0.717, 1.165) is 18.8 Å². The Balaban J connectivity index is 2.21. The maximum Gasteiger partial charge on any atom is 0.0729 e. The minimum Gasteiger partial charge on any atom is -0.382 e. The molecule has 3 heteroatoms. The number of rotatable bonds is 4. The van der Waals surface area contributed by atoms with Gasteiger partial charge in [-0.15, -0.1) is 0 Å². The fourth-order valence-corrected chi connectivity index (χ4v) is 1.83. The van der Waals surface area contributed by atoms with Crippen molar-refractivity contribution < 1.29 is 9.47 Å². The number of ether oxygens (including phenoxy) is 2. The molecule has 0 bridgehead atoms. The molecule has 0 aliphatic heterocycles. The highest BCUT2D eigenvalue weighted by Gasteiger charge is 2.26. The first-order chi connectivity index (χ1) is 6.24. The van der Waals surface area contributed by atoms with Crippen LogP contribution >= 0.6 is 0 Å². The van der Waals surface area contributed by atoms with E-state index in [4.69, 9.17) is 15.2 Å². The van der Waals surface area contributed by atoms with Gasteiger partial charge in [-0.3, -0.25) is 0 Å². The van der Waals surface area contributed by atoms with Gasteiger partial charge in [0.25, 0.3) is 0 Å². The zero-order valence-electron chi connectivity index (χ0n) is 8.66. The van der Waals surface area contributed by atoms with E-state index in [1.165, 1.54) is 6.42 Å². The van der Waals surface area contributed by atoms with E-state index >= 15 is 0 Å². The van der Waals surface area contributed by atoms with Crippen molar-refractivity contribution in [3.8, 4) is 0 Å². The third-order valence-electron chi connectivity index (χ3n) is 2.72. The van der Waals surface area contributed by atoms with Crippen LogP contribution in [0.15, 0.2) is 0 Å². The van der Waals surface area contributed by atoms with Crippen molar-refractivity contribution in [2.24, 2.45) is 11.7 Å². The van der Waals surface area contributed by atoms with Crippen molar-refractivity contribution in [2.45, 2.75) is 38.3 Å². The van der Waals surface area contributed by atoms with Gasteiger partial charge in [0.2, 0.25) is 0 Å². The number of hydrogen-bond donors (Lipinski definition) is 1. The summed E-state index contributed by atoms with van der Waals surface area (Å²) in [5.74, 6) is 0.757. The third-order valence-corrected chi connectivity index (χ3v) is 2.72. The standard InChI is InChI=1S/C10H21NO2/c1-8-3-4-9(11)10(7-8)13-6-5-12-2/h8-10H,3-7,11H2,1-2H3. The van der Waals surface area contributed by atoms with Gasteiger partial charge in [-0.25, -0.2) is 0 Å². The lowest BCUT2D eigenvalue weighted by Crippen LogP contribution is -2.42. The lowest BCUT2D eigenvalue weighted by Gasteiger charge is -2.32. The number of methoxy groups -OCH3 is 1. The molecule has 13 heavy (non-hydrogen) atoms. The number of hydrogen-bond acceptors (Lipinski definition) is 3. The van der Waals surface area contributed by atoms with Gasteiger partial charge in [-0.1, -0.05) is 6.92 Å². The first kappa shape index (κ1) is 11.0. The normalized spacial score (nSPS) is 34.8. The molecule has 0 heterocycles. The van der Waals surface area contributed by atoms with Gasteiger partial charge in [0.1, 0.15) is 0 Å². The van der Waals surface area contributed by atoms with Crippen LogP contribution in [0.25, 0.3) is 0 Å². The van der Waals surface area contributed by atoms with E-state index in [1.807, 2.05) is 0 Å². The summed E-state index contributed by atoms with van der Waals surface area (Å²) in [5, 5.41) is 0. The Morgan fingerprint density at radius 3 is 2.77 bits per heavy atom.